The minimum atomic E-state index is -1.34. The molecule has 12 heteroatoms. The van der Waals surface area contributed by atoms with Gasteiger partial charge in [-0.3, -0.25) is 19.2 Å². The Morgan fingerprint density at radius 3 is 2.42 bits per heavy atom. The zero-order valence-electron chi connectivity index (χ0n) is 14.5. The first-order chi connectivity index (χ1) is 12.3. The molecule has 0 radical (unpaired) electrons. The monoisotopic (exact) mass is 372 g/mol. The van der Waals surface area contributed by atoms with Gasteiger partial charge in [0.05, 0.1) is 6.61 Å². The Labute approximate surface area is 148 Å². The first-order valence-corrected chi connectivity index (χ1v) is 7.73. The van der Waals surface area contributed by atoms with E-state index < -0.39 is 54.7 Å². The molecule has 144 valence electrons. The summed E-state index contributed by atoms with van der Waals surface area (Å²) in [5, 5.41) is 5.75. The van der Waals surface area contributed by atoms with E-state index in [1.165, 1.54) is 6.92 Å². The fourth-order valence-electron chi connectivity index (χ4n) is 2.28. The third-order valence-electron chi connectivity index (χ3n) is 3.24. The molecule has 4 atom stereocenters. The Hall–Kier alpha value is -2.85. The number of hydrogen-bond acceptors (Lipinski definition) is 9. The van der Waals surface area contributed by atoms with Gasteiger partial charge in [-0.2, -0.15) is 0 Å². The Morgan fingerprint density at radius 1 is 1.19 bits per heavy atom. The van der Waals surface area contributed by atoms with E-state index in [1.54, 1.807) is 6.92 Å². The van der Waals surface area contributed by atoms with Gasteiger partial charge in [0.1, 0.15) is 37.5 Å². The van der Waals surface area contributed by atoms with E-state index in [-0.39, 0.29) is 13.2 Å². The summed E-state index contributed by atoms with van der Waals surface area (Å²) in [5.41, 5.74) is 8.74. The molecule has 1 amide bonds. The van der Waals surface area contributed by atoms with E-state index >= 15 is 0 Å². The zero-order chi connectivity index (χ0) is 19.7. The van der Waals surface area contributed by atoms with Crippen molar-refractivity contribution in [2.24, 2.45) is 5.11 Å². The van der Waals surface area contributed by atoms with Crippen LogP contribution < -0.4 is 5.32 Å². The summed E-state index contributed by atoms with van der Waals surface area (Å²) in [7, 11) is 0. The van der Waals surface area contributed by atoms with Crippen LogP contribution in [0.4, 0.5) is 0 Å². The van der Waals surface area contributed by atoms with Gasteiger partial charge < -0.3 is 24.3 Å². The van der Waals surface area contributed by atoms with Crippen LogP contribution in [0.5, 0.6) is 0 Å². The van der Waals surface area contributed by atoms with Crippen molar-refractivity contribution in [1.82, 2.24) is 5.32 Å². The first-order valence-electron chi connectivity index (χ1n) is 7.73. The van der Waals surface area contributed by atoms with Gasteiger partial charge in [0, 0.05) is 18.8 Å². The van der Waals surface area contributed by atoms with Crippen molar-refractivity contribution in [2.45, 2.75) is 45.1 Å². The molecule has 1 aliphatic heterocycles. The molecular formula is C14H20N4O8. The molecule has 1 heterocycles. The van der Waals surface area contributed by atoms with Crippen molar-refractivity contribution < 1.29 is 38.1 Å². The maximum atomic E-state index is 12.3. The molecule has 1 rings (SSSR count). The number of nitrogens with zero attached hydrogens (tertiary/aromatic N) is 3. The molecule has 1 saturated heterocycles. The molecule has 1 fully saturated rings. The summed E-state index contributed by atoms with van der Waals surface area (Å²) in [5.74, 6) is -2.73. The minimum absolute atomic E-state index is 0.148. The summed E-state index contributed by atoms with van der Waals surface area (Å²) in [4.78, 5) is 48.6. The van der Waals surface area contributed by atoms with Crippen LogP contribution in [0, 0.1) is 0 Å². The summed E-state index contributed by atoms with van der Waals surface area (Å²) < 4.78 is 20.0. The topological polar surface area (TPSA) is 166 Å². The fourth-order valence-corrected chi connectivity index (χ4v) is 2.28. The third kappa shape index (κ3) is 6.22. The number of ether oxygens (including phenoxy) is 4. The Kier molecular flexibility index (Phi) is 8.32. The summed E-state index contributed by atoms with van der Waals surface area (Å²) >= 11 is 0. The highest BCUT2D eigenvalue weighted by molar-refractivity contribution is 5.86. The lowest BCUT2D eigenvalue weighted by Gasteiger charge is -2.20. The van der Waals surface area contributed by atoms with Crippen molar-refractivity contribution in [2.75, 3.05) is 19.8 Å². The molecule has 0 aromatic rings. The number of carbonyl (C=O) groups is 4. The molecule has 12 nitrogen and oxygen atoms in total. The number of amides is 1. The van der Waals surface area contributed by atoms with Crippen molar-refractivity contribution in [3.8, 4) is 0 Å². The van der Waals surface area contributed by atoms with Gasteiger partial charge in [-0.25, -0.2) is 0 Å². The lowest BCUT2D eigenvalue weighted by molar-refractivity contribution is -0.155. The standard InChI is InChI=1S/C14H20N4O8/c1-4-23-10(21)5-16-14(22)13-11(17-18-15)12(25-8(3)20)9(26-13)6-24-7(2)19/h9,11-13H,4-6H2,1-3H3,(H,16,22)/t9-,11-,12-,13+/m1/s1. The third-order valence-corrected chi connectivity index (χ3v) is 3.24. The minimum Gasteiger partial charge on any atom is -0.465 e. The molecule has 0 aromatic heterocycles. The van der Waals surface area contributed by atoms with Crippen LogP contribution in [0.15, 0.2) is 5.11 Å². The molecule has 1 N–H and O–H groups in total. The average Bonchev–Trinajstić information content (AvgIpc) is 2.89. The average molecular weight is 372 g/mol. The van der Waals surface area contributed by atoms with Crippen LogP contribution in [0.3, 0.4) is 0 Å². The number of nitrogens with one attached hydrogen (secondary N) is 1. The summed E-state index contributed by atoms with van der Waals surface area (Å²) in [6.07, 6.45) is -3.50. The largest absolute Gasteiger partial charge is 0.465 e. The van der Waals surface area contributed by atoms with Gasteiger partial charge in [0.2, 0.25) is 5.91 Å². The number of esters is 3. The second-order valence-electron chi connectivity index (χ2n) is 5.19. The highest BCUT2D eigenvalue weighted by Gasteiger charge is 2.50. The van der Waals surface area contributed by atoms with E-state index in [9.17, 15) is 19.2 Å². The molecule has 0 bridgehead atoms. The van der Waals surface area contributed by atoms with Crippen LogP contribution in [0.1, 0.15) is 20.8 Å². The van der Waals surface area contributed by atoms with Gasteiger partial charge >= 0.3 is 17.9 Å². The van der Waals surface area contributed by atoms with Crippen molar-refractivity contribution in [1.29, 1.82) is 0 Å². The number of carbonyl (C=O) groups excluding carboxylic acids is 4. The van der Waals surface area contributed by atoms with Crippen LogP contribution in [-0.4, -0.2) is 67.9 Å². The lowest BCUT2D eigenvalue weighted by Crippen LogP contribution is -2.44. The van der Waals surface area contributed by atoms with Crippen molar-refractivity contribution in [3.63, 3.8) is 0 Å². The molecule has 0 aromatic carbocycles. The second kappa shape index (κ2) is 10.2. The Morgan fingerprint density at radius 2 is 1.88 bits per heavy atom. The van der Waals surface area contributed by atoms with Gasteiger partial charge in [-0.05, 0) is 12.5 Å². The highest BCUT2D eigenvalue weighted by atomic mass is 16.6. The highest BCUT2D eigenvalue weighted by Crippen LogP contribution is 2.28. The van der Waals surface area contributed by atoms with E-state index in [0.29, 0.717) is 0 Å². The predicted molar refractivity (Wildman–Crippen MR) is 83.4 cm³/mol. The number of rotatable bonds is 8. The van der Waals surface area contributed by atoms with E-state index in [1.807, 2.05) is 0 Å². The van der Waals surface area contributed by atoms with E-state index in [4.69, 9.17) is 19.7 Å². The van der Waals surface area contributed by atoms with Crippen LogP contribution >= 0.6 is 0 Å². The SMILES string of the molecule is CCOC(=O)CNC(=O)[C@H]1O[C@H](COC(C)=O)[C@@H](OC(C)=O)[C@H]1N=[N+]=[N-]. The zero-order valence-corrected chi connectivity index (χ0v) is 14.5. The molecule has 0 aliphatic carbocycles. The maximum Gasteiger partial charge on any atom is 0.325 e. The van der Waals surface area contributed by atoms with Gasteiger partial charge in [0.25, 0.3) is 0 Å². The van der Waals surface area contributed by atoms with Crippen LogP contribution in [0.2, 0.25) is 0 Å². The maximum absolute atomic E-state index is 12.3. The van der Waals surface area contributed by atoms with Gasteiger partial charge in [0.15, 0.2) is 0 Å². The van der Waals surface area contributed by atoms with Crippen LogP contribution in [-0.2, 0) is 38.1 Å². The van der Waals surface area contributed by atoms with Gasteiger partial charge in [-0.1, -0.05) is 5.11 Å². The normalized spacial score (nSPS) is 24.1. The quantitative estimate of drug-likeness (QED) is 0.198. The molecule has 26 heavy (non-hydrogen) atoms. The van der Waals surface area contributed by atoms with Crippen molar-refractivity contribution in [3.05, 3.63) is 10.4 Å². The van der Waals surface area contributed by atoms with Crippen LogP contribution in [0.25, 0.3) is 10.4 Å². The second-order valence-corrected chi connectivity index (χ2v) is 5.19. The van der Waals surface area contributed by atoms with Crippen molar-refractivity contribution >= 4 is 23.8 Å². The number of hydrogen-bond donors (Lipinski definition) is 1. The van der Waals surface area contributed by atoms with E-state index in [0.717, 1.165) is 6.92 Å². The Bertz CT molecular complexity index is 604. The smallest absolute Gasteiger partial charge is 0.325 e. The van der Waals surface area contributed by atoms with E-state index in [2.05, 4.69) is 20.1 Å². The van der Waals surface area contributed by atoms with Gasteiger partial charge in [-0.15, -0.1) is 0 Å². The molecule has 1 aliphatic rings. The number of azide groups is 1. The summed E-state index contributed by atoms with van der Waals surface area (Å²) in [6, 6.07) is -1.20. The lowest BCUT2D eigenvalue weighted by atomic mass is 10.0. The molecule has 0 saturated carbocycles. The molecular weight excluding hydrogens is 352 g/mol. The predicted octanol–water partition coefficient (Wildman–Crippen LogP) is -0.393. The Balaban J connectivity index is 2.91. The molecule has 0 spiro atoms. The summed E-state index contributed by atoms with van der Waals surface area (Å²) in [6.45, 7) is 3.33. The first kappa shape index (κ1) is 21.2. The molecule has 0 unspecified atom stereocenters. The fraction of sp³-hybridized carbons (Fsp3) is 0.714.